The van der Waals surface area contributed by atoms with Crippen molar-refractivity contribution in [3.63, 3.8) is 0 Å². The first kappa shape index (κ1) is 18.8. The number of nitrogens with one attached hydrogen (secondary N) is 1. The number of hydrogen-bond donors (Lipinski definition) is 1. The quantitative estimate of drug-likeness (QED) is 0.424. The highest BCUT2D eigenvalue weighted by Gasteiger charge is 2.07. The molecular formula is C23H19BrN2O. The van der Waals surface area contributed by atoms with Crippen LogP contribution in [0.4, 0.5) is 0 Å². The van der Waals surface area contributed by atoms with E-state index in [1.54, 1.807) is 12.1 Å². The molecule has 0 saturated carbocycles. The van der Waals surface area contributed by atoms with E-state index < -0.39 is 0 Å². The normalized spacial score (nSPS) is 11.6. The first-order chi connectivity index (χ1) is 13.1. The minimum Gasteiger partial charge on any atom is -0.267 e. The molecule has 3 rings (SSSR count). The molecule has 0 aliphatic carbocycles. The molecule has 27 heavy (non-hydrogen) atoms. The van der Waals surface area contributed by atoms with Gasteiger partial charge in [0.2, 0.25) is 0 Å². The van der Waals surface area contributed by atoms with Crippen molar-refractivity contribution in [3.8, 4) is 0 Å². The van der Waals surface area contributed by atoms with E-state index in [2.05, 4.69) is 26.5 Å². The van der Waals surface area contributed by atoms with Crippen LogP contribution in [-0.2, 0) is 0 Å². The Bertz CT molecular complexity index is 980. The average Bonchev–Trinajstić information content (AvgIpc) is 2.71. The van der Waals surface area contributed by atoms with Crippen LogP contribution < -0.4 is 5.43 Å². The number of rotatable bonds is 5. The Hall–Kier alpha value is -2.98. The fourth-order valence-corrected chi connectivity index (χ4v) is 2.83. The molecule has 1 amide bonds. The molecule has 3 nitrogen and oxygen atoms in total. The van der Waals surface area contributed by atoms with Gasteiger partial charge >= 0.3 is 0 Å². The lowest BCUT2D eigenvalue weighted by Crippen LogP contribution is -2.19. The summed E-state index contributed by atoms with van der Waals surface area (Å²) in [6, 6.07) is 25.2. The number of allylic oxidation sites excluding steroid dienone is 1. The van der Waals surface area contributed by atoms with Crippen LogP contribution in [0, 0.1) is 6.92 Å². The highest BCUT2D eigenvalue weighted by Crippen LogP contribution is 2.17. The lowest BCUT2D eigenvalue weighted by atomic mass is 10.1. The summed E-state index contributed by atoms with van der Waals surface area (Å²) in [4.78, 5) is 12.5. The number of carbonyl (C=O) groups is 1. The van der Waals surface area contributed by atoms with Gasteiger partial charge in [0, 0.05) is 15.6 Å². The number of halogens is 1. The molecule has 0 atom stereocenters. The number of aryl methyl sites for hydroxylation is 1. The molecule has 0 unspecified atom stereocenters. The Morgan fingerprint density at radius 3 is 2.26 bits per heavy atom. The summed E-state index contributed by atoms with van der Waals surface area (Å²) >= 11 is 3.45. The van der Waals surface area contributed by atoms with Crippen molar-refractivity contribution in [1.82, 2.24) is 5.43 Å². The molecule has 0 heterocycles. The first-order valence-corrected chi connectivity index (χ1v) is 9.35. The lowest BCUT2D eigenvalue weighted by molar-refractivity contribution is 0.0955. The Morgan fingerprint density at radius 1 is 0.926 bits per heavy atom. The molecular weight excluding hydrogens is 400 g/mol. The topological polar surface area (TPSA) is 41.5 Å². The first-order valence-electron chi connectivity index (χ1n) is 8.56. The van der Waals surface area contributed by atoms with Gasteiger partial charge in [-0.15, -0.1) is 0 Å². The fraction of sp³-hybridized carbons (Fsp3) is 0.0435. The number of hydrazone groups is 1. The van der Waals surface area contributed by atoms with Crippen LogP contribution in [0.5, 0.6) is 0 Å². The van der Waals surface area contributed by atoms with E-state index in [4.69, 9.17) is 0 Å². The van der Waals surface area contributed by atoms with Gasteiger partial charge in [0.25, 0.3) is 5.91 Å². The second-order valence-electron chi connectivity index (χ2n) is 6.01. The molecule has 3 aromatic carbocycles. The van der Waals surface area contributed by atoms with Gasteiger partial charge < -0.3 is 0 Å². The van der Waals surface area contributed by atoms with Crippen LogP contribution in [0.3, 0.4) is 0 Å². The maximum absolute atomic E-state index is 12.5. The number of benzene rings is 3. The number of carbonyl (C=O) groups excluding carboxylic acids is 1. The standard InChI is InChI=1S/C23H19BrN2O/c1-17-12-14-20(16-21(17)24)23(27)26-25-22(19-10-6-3-7-11-19)15-13-18-8-4-2-5-9-18/h2-16H,1H3,(H,26,27). The molecule has 0 bridgehead atoms. The van der Waals surface area contributed by atoms with E-state index in [1.807, 2.05) is 85.8 Å². The van der Waals surface area contributed by atoms with Crippen LogP contribution in [0.15, 0.2) is 94.5 Å². The molecule has 0 aromatic heterocycles. The predicted molar refractivity (Wildman–Crippen MR) is 115 cm³/mol. The monoisotopic (exact) mass is 418 g/mol. The third-order valence-corrected chi connectivity index (χ3v) is 4.87. The third kappa shape index (κ3) is 5.25. The summed E-state index contributed by atoms with van der Waals surface area (Å²) in [5.74, 6) is -0.253. The number of nitrogens with zero attached hydrogens (tertiary/aromatic N) is 1. The second-order valence-corrected chi connectivity index (χ2v) is 6.87. The Labute approximate surface area is 167 Å². The van der Waals surface area contributed by atoms with Crippen LogP contribution in [0.25, 0.3) is 6.08 Å². The maximum Gasteiger partial charge on any atom is 0.271 e. The van der Waals surface area contributed by atoms with Gasteiger partial charge in [-0.2, -0.15) is 5.10 Å². The van der Waals surface area contributed by atoms with Gasteiger partial charge in [0.1, 0.15) is 0 Å². The van der Waals surface area contributed by atoms with Gasteiger partial charge in [-0.25, -0.2) is 5.43 Å². The van der Waals surface area contributed by atoms with Crippen molar-refractivity contribution < 1.29 is 4.79 Å². The molecule has 1 N–H and O–H groups in total. The molecule has 0 aliphatic rings. The molecule has 0 radical (unpaired) electrons. The van der Waals surface area contributed by atoms with Gasteiger partial charge in [-0.1, -0.05) is 88.7 Å². The fourth-order valence-electron chi connectivity index (χ4n) is 2.46. The second kappa shape index (κ2) is 9.10. The highest BCUT2D eigenvalue weighted by molar-refractivity contribution is 9.10. The van der Waals surface area contributed by atoms with E-state index in [9.17, 15) is 4.79 Å². The smallest absolute Gasteiger partial charge is 0.267 e. The highest BCUT2D eigenvalue weighted by atomic mass is 79.9. The van der Waals surface area contributed by atoms with Crippen molar-refractivity contribution in [2.45, 2.75) is 6.92 Å². The summed E-state index contributed by atoms with van der Waals surface area (Å²) in [5, 5.41) is 4.35. The van der Waals surface area contributed by atoms with E-state index >= 15 is 0 Å². The molecule has 0 aliphatic heterocycles. The summed E-state index contributed by atoms with van der Waals surface area (Å²) in [6.07, 6.45) is 3.87. The maximum atomic E-state index is 12.5. The van der Waals surface area contributed by atoms with Gasteiger partial charge in [-0.3, -0.25) is 4.79 Å². The van der Waals surface area contributed by atoms with Crippen LogP contribution in [-0.4, -0.2) is 11.6 Å². The Balaban J connectivity index is 1.84. The van der Waals surface area contributed by atoms with Crippen molar-refractivity contribution in [3.05, 3.63) is 112 Å². The zero-order valence-electron chi connectivity index (χ0n) is 14.9. The summed E-state index contributed by atoms with van der Waals surface area (Å²) < 4.78 is 0.895. The summed E-state index contributed by atoms with van der Waals surface area (Å²) in [5.41, 5.74) is 6.95. The summed E-state index contributed by atoms with van der Waals surface area (Å²) in [6.45, 7) is 1.98. The van der Waals surface area contributed by atoms with Gasteiger partial charge in [0.15, 0.2) is 0 Å². The molecule has 3 aromatic rings. The molecule has 134 valence electrons. The lowest BCUT2D eigenvalue weighted by Gasteiger charge is -2.05. The van der Waals surface area contributed by atoms with Crippen LogP contribution in [0.2, 0.25) is 0 Å². The van der Waals surface area contributed by atoms with Crippen LogP contribution >= 0.6 is 15.9 Å². The predicted octanol–water partition coefficient (Wildman–Crippen LogP) is 5.61. The van der Waals surface area contributed by atoms with Crippen molar-refractivity contribution in [2.75, 3.05) is 0 Å². The van der Waals surface area contributed by atoms with Gasteiger partial charge in [0.05, 0.1) is 5.71 Å². The number of amides is 1. The molecule has 0 fully saturated rings. The minimum atomic E-state index is -0.253. The summed E-state index contributed by atoms with van der Waals surface area (Å²) in [7, 11) is 0. The van der Waals surface area contributed by atoms with Gasteiger partial charge in [-0.05, 0) is 36.3 Å². The number of hydrogen-bond acceptors (Lipinski definition) is 2. The van der Waals surface area contributed by atoms with Crippen LogP contribution in [0.1, 0.15) is 27.0 Å². The average molecular weight is 419 g/mol. The Morgan fingerprint density at radius 2 is 1.59 bits per heavy atom. The SMILES string of the molecule is Cc1ccc(C(=O)NN=C(C=Cc2ccccc2)c2ccccc2)cc1Br. The molecule has 0 saturated heterocycles. The Kier molecular flexibility index (Phi) is 6.34. The van der Waals surface area contributed by atoms with E-state index in [0.717, 1.165) is 21.2 Å². The zero-order valence-corrected chi connectivity index (χ0v) is 16.5. The molecule has 0 spiro atoms. The zero-order chi connectivity index (χ0) is 19.1. The van der Waals surface area contributed by atoms with E-state index in [-0.39, 0.29) is 5.91 Å². The van der Waals surface area contributed by atoms with Crippen molar-refractivity contribution in [2.24, 2.45) is 5.10 Å². The van der Waals surface area contributed by atoms with E-state index in [1.165, 1.54) is 0 Å². The third-order valence-electron chi connectivity index (χ3n) is 4.01. The van der Waals surface area contributed by atoms with E-state index in [0.29, 0.717) is 11.3 Å². The molecule has 4 heteroatoms. The van der Waals surface area contributed by atoms with Crippen molar-refractivity contribution >= 4 is 33.6 Å². The minimum absolute atomic E-state index is 0.253. The largest absolute Gasteiger partial charge is 0.271 e. The van der Waals surface area contributed by atoms with Crippen molar-refractivity contribution in [1.29, 1.82) is 0 Å².